The van der Waals surface area contributed by atoms with E-state index in [1.54, 1.807) is 6.07 Å². The minimum atomic E-state index is -0.0965. The highest BCUT2D eigenvalue weighted by Gasteiger charge is 2.15. The molecule has 1 aliphatic rings. The molecule has 0 unspecified atom stereocenters. The molecule has 1 saturated carbocycles. The highest BCUT2D eigenvalue weighted by Crippen LogP contribution is 2.17. The lowest BCUT2D eigenvalue weighted by Gasteiger charge is -2.16. The zero-order valence-electron chi connectivity index (χ0n) is 10.4. The molecule has 0 bridgehead atoms. The van der Waals surface area contributed by atoms with Gasteiger partial charge in [0.05, 0.1) is 0 Å². The summed E-state index contributed by atoms with van der Waals surface area (Å²) in [6.45, 7) is 0. The van der Waals surface area contributed by atoms with Gasteiger partial charge in [0.1, 0.15) is 11.8 Å². The summed E-state index contributed by atoms with van der Waals surface area (Å²) in [4.78, 5) is 15.9. The second-order valence-electron chi connectivity index (χ2n) is 4.70. The maximum absolute atomic E-state index is 12.0. The van der Waals surface area contributed by atoms with Crippen molar-refractivity contribution in [1.29, 1.82) is 5.26 Å². The molecule has 1 heterocycles. The number of hydrogen-bond acceptors (Lipinski definition) is 3. The van der Waals surface area contributed by atoms with E-state index in [9.17, 15) is 4.79 Å². The molecule has 0 saturated heterocycles. The molecular formula is C14H17N3O. The Morgan fingerprint density at radius 3 is 2.72 bits per heavy atom. The fourth-order valence-electron chi connectivity index (χ4n) is 2.33. The number of rotatable bonds is 2. The SMILES string of the molecule is N#Cc1cc(C(=O)NC2CCCCCC2)ccn1. The molecule has 0 aromatic carbocycles. The van der Waals surface area contributed by atoms with Gasteiger partial charge in [-0.05, 0) is 25.0 Å². The van der Waals surface area contributed by atoms with Gasteiger partial charge in [0.25, 0.3) is 5.91 Å². The number of nitrogens with zero attached hydrogens (tertiary/aromatic N) is 2. The van der Waals surface area contributed by atoms with Gasteiger partial charge < -0.3 is 5.32 Å². The summed E-state index contributed by atoms with van der Waals surface area (Å²) in [5.74, 6) is -0.0965. The lowest BCUT2D eigenvalue weighted by Crippen LogP contribution is -2.34. The quantitative estimate of drug-likeness (QED) is 0.811. The van der Waals surface area contributed by atoms with E-state index in [4.69, 9.17) is 5.26 Å². The number of carbonyl (C=O) groups is 1. The van der Waals surface area contributed by atoms with Gasteiger partial charge >= 0.3 is 0 Å². The lowest BCUT2D eigenvalue weighted by molar-refractivity contribution is 0.0933. The number of nitriles is 1. The van der Waals surface area contributed by atoms with E-state index in [-0.39, 0.29) is 17.6 Å². The molecule has 0 radical (unpaired) electrons. The van der Waals surface area contributed by atoms with Crippen molar-refractivity contribution in [1.82, 2.24) is 10.3 Å². The molecule has 18 heavy (non-hydrogen) atoms. The standard InChI is InChI=1S/C14H17N3O/c15-10-13-9-11(7-8-16-13)14(18)17-12-5-3-1-2-4-6-12/h7-9,12H,1-6H2,(H,17,18). The first kappa shape index (κ1) is 12.6. The Hall–Kier alpha value is -1.89. The molecule has 1 amide bonds. The normalized spacial score (nSPS) is 16.6. The molecule has 1 aliphatic carbocycles. The van der Waals surface area contributed by atoms with Crippen molar-refractivity contribution in [3.63, 3.8) is 0 Å². The summed E-state index contributed by atoms with van der Waals surface area (Å²) in [7, 11) is 0. The molecule has 4 heteroatoms. The summed E-state index contributed by atoms with van der Waals surface area (Å²) in [5.41, 5.74) is 0.800. The van der Waals surface area contributed by atoms with Crippen LogP contribution < -0.4 is 5.32 Å². The molecule has 1 N–H and O–H groups in total. The third-order valence-electron chi connectivity index (χ3n) is 3.33. The van der Waals surface area contributed by atoms with Crippen molar-refractivity contribution in [2.24, 2.45) is 0 Å². The van der Waals surface area contributed by atoms with Crippen molar-refractivity contribution in [3.8, 4) is 6.07 Å². The highest BCUT2D eigenvalue weighted by atomic mass is 16.1. The number of pyridine rings is 1. The van der Waals surface area contributed by atoms with E-state index >= 15 is 0 Å². The zero-order chi connectivity index (χ0) is 12.8. The van der Waals surface area contributed by atoms with E-state index < -0.39 is 0 Å². The van der Waals surface area contributed by atoms with Crippen LogP contribution in [-0.2, 0) is 0 Å². The summed E-state index contributed by atoms with van der Waals surface area (Å²) in [6.07, 6.45) is 8.51. The smallest absolute Gasteiger partial charge is 0.251 e. The number of carbonyl (C=O) groups excluding carboxylic acids is 1. The first-order valence-electron chi connectivity index (χ1n) is 6.46. The van der Waals surface area contributed by atoms with Gasteiger partial charge in [-0.2, -0.15) is 5.26 Å². The van der Waals surface area contributed by atoms with Crippen molar-refractivity contribution in [3.05, 3.63) is 29.6 Å². The van der Waals surface area contributed by atoms with E-state index in [1.807, 2.05) is 6.07 Å². The molecule has 0 aliphatic heterocycles. The van der Waals surface area contributed by atoms with Gasteiger partial charge in [0.15, 0.2) is 0 Å². The Bertz CT molecular complexity index is 456. The topological polar surface area (TPSA) is 65.8 Å². The van der Waals surface area contributed by atoms with Crippen LogP contribution in [-0.4, -0.2) is 16.9 Å². The number of amides is 1. The Kier molecular flexibility index (Phi) is 4.30. The third kappa shape index (κ3) is 3.30. The predicted octanol–water partition coefficient (Wildman–Crippen LogP) is 2.41. The van der Waals surface area contributed by atoms with Crippen LogP contribution >= 0.6 is 0 Å². The molecule has 94 valence electrons. The van der Waals surface area contributed by atoms with Crippen LogP contribution in [0.4, 0.5) is 0 Å². The number of aromatic nitrogens is 1. The predicted molar refractivity (Wildman–Crippen MR) is 67.9 cm³/mol. The van der Waals surface area contributed by atoms with Crippen LogP contribution in [0.15, 0.2) is 18.3 Å². The van der Waals surface area contributed by atoms with Crippen LogP contribution in [0.2, 0.25) is 0 Å². The van der Waals surface area contributed by atoms with E-state index in [1.165, 1.54) is 37.9 Å². The molecule has 2 rings (SSSR count). The molecule has 0 spiro atoms. The number of hydrogen-bond donors (Lipinski definition) is 1. The molecule has 0 atom stereocenters. The summed E-state index contributed by atoms with van der Waals surface area (Å²) in [5, 5.41) is 11.8. The average Bonchev–Trinajstić information content (AvgIpc) is 2.67. The van der Waals surface area contributed by atoms with Crippen LogP contribution in [0, 0.1) is 11.3 Å². The summed E-state index contributed by atoms with van der Waals surface area (Å²) >= 11 is 0. The van der Waals surface area contributed by atoms with Gasteiger partial charge in [-0.1, -0.05) is 25.7 Å². The van der Waals surface area contributed by atoms with Crippen molar-refractivity contribution >= 4 is 5.91 Å². The Morgan fingerprint density at radius 1 is 1.33 bits per heavy atom. The lowest BCUT2D eigenvalue weighted by atomic mass is 10.1. The van der Waals surface area contributed by atoms with Gasteiger partial charge in [0.2, 0.25) is 0 Å². The molecule has 4 nitrogen and oxygen atoms in total. The highest BCUT2D eigenvalue weighted by molar-refractivity contribution is 5.94. The van der Waals surface area contributed by atoms with Gasteiger partial charge in [-0.3, -0.25) is 4.79 Å². The van der Waals surface area contributed by atoms with Crippen molar-refractivity contribution in [2.45, 2.75) is 44.6 Å². The van der Waals surface area contributed by atoms with Gasteiger partial charge in [-0.15, -0.1) is 0 Å². The molecule has 1 aromatic rings. The monoisotopic (exact) mass is 243 g/mol. The van der Waals surface area contributed by atoms with E-state index in [0.717, 1.165) is 12.8 Å². The minimum absolute atomic E-state index is 0.0965. The fourth-order valence-corrected chi connectivity index (χ4v) is 2.33. The second-order valence-corrected chi connectivity index (χ2v) is 4.70. The maximum atomic E-state index is 12.0. The molecular weight excluding hydrogens is 226 g/mol. The Labute approximate surface area is 107 Å². The van der Waals surface area contributed by atoms with E-state index in [2.05, 4.69) is 10.3 Å². The fraction of sp³-hybridized carbons (Fsp3) is 0.500. The summed E-state index contributed by atoms with van der Waals surface area (Å²) in [6, 6.07) is 5.40. The average molecular weight is 243 g/mol. The van der Waals surface area contributed by atoms with Crippen LogP contribution in [0.25, 0.3) is 0 Å². The molecule has 1 fully saturated rings. The van der Waals surface area contributed by atoms with Crippen molar-refractivity contribution < 1.29 is 4.79 Å². The Balaban J connectivity index is 2.00. The first-order valence-corrected chi connectivity index (χ1v) is 6.46. The molecule has 1 aromatic heterocycles. The minimum Gasteiger partial charge on any atom is -0.349 e. The Morgan fingerprint density at radius 2 is 2.06 bits per heavy atom. The first-order chi connectivity index (χ1) is 8.79. The van der Waals surface area contributed by atoms with Crippen LogP contribution in [0.3, 0.4) is 0 Å². The number of nitrogens with one attached hydrogen (secondary N) is 1. The largest absolute Gasteiger partial charge is 0.349 e. The second kappa shape index (κ2) is 6.15. The maximum Gasteiger partial charge on any atom is 0.251 e. The van der Waals surface area contributed by atoms with Crippen molar-refractivity contribution in [2.75, 3.05) is 0 Å². The van der Waals surface area contributed by atoms with Crippen LogP contribution in [0.5, 0.6) is 0 Å². The van der Waals surface area contributed by atoms with Crippen LogP contribution in [0.1, 0.15) is 54.6 Å². The zero-order valence-corrected chi connectivity index (χ0v) is 10.4. The van der Waals surface area contributed by atoms with Gasteiger partial charge in [-0.25, -0.2) is 4.98 Å². The van der Waals surface area contributed by atoms with E-state index in [0.29, 0.717) is 5.56 Å². The van der Waals surface area contributed by atoms with Gasteiger partial charge in [0, 0.05) is 17.8 Å². The summed E-state index contributed by atoms with van der Waals surface area (Å²) < 4.78 is 0. The third-order valence-corrected chi connectivity index (χ3v) is 3.33.